The number of rotatable bonds is 6. The van der Waals surface area contributed by atoms with Crippen molar-refractivity contribution in [2.75, 3.05) is 30.7 Å². The highest BCUT2D eigenvalue weighted by Crippen LogP contribution is 2.33. The molecule has 3 aromatic rings. The van der Waals surface area contributed by atoms with Gasteiger partial charge in [0.25, 0.3) is 5.91 Å². The highest BCUT2D eigenvalue weighted by molar-refractivity contribution is 5.92. The lowest BCUT2D eigenvalue weighted by molar-refractivity contribution is -0.126. The van der Waals surface area contributed by atoms with Gasteiger partial charge in [0.1, 0.15) is 29.5 Å². The van der Waals surface area contributed by atoms with E-state index in [0.717, 1.165) is 42.0 Å². The zero-order chi connectivity index (χ0) is 22.3. The second kappa shape index (κ2) is 9.84. The van der Waals surface area contributed by atoms with Gasteiger partial charge in [-0.25, -0.2) is 9.97 Å². The van der Waals surface area contributed by atoms with Crippen molar-refractivity contribution in [3.05, 3.63) is 60.9 Å². The second-order valence-corrected chi connectivity index (χ2v) is 7.68. The summed E-state index contributed by atoms with van der Waals surface area (Å²) < 4.78 is 5.87. The zero-order valence-corrected chi connectivity index (χ0v) is 17.7. The first kappa shape index (κ1) is 21.2. The second-order valence-electron chi connectivity index (χ2n) is 7.68. The van der Waals surface area contributed by atoms with Crippen LogP contribution in [0.2, 0.25) is 0 Å². The van der Waals surface area contributed by atoms with Gasteiger partial charge in [-0.05, 0) is 54.5 Å². The molecule has 0 spiro atoms. The maximum atomic E-state index is 11.7. The molecule has 1 fully saturated rings. The first-order valence-electron chi connectivity index (χ1n) is 10.6. The summed E-state index contributed by atoms with van der Waals surface area (Å²) in [5, 5.41) is 3.43. The lowest BCUT2D eigenvalue weighted by atomic mass is 9.96. The number of nitrogens with two attached hydrogens (primary N) is 1. The summed E-state index contributed by atoms with van der Waals surface area (Å²) >= 11 is 0. The number of piperidine rings is 1. The van der Waals surface area contributed by atoms with Gasteiger partial charge in [0.15, 0.2) is 0 Å². The van der Waals surface area contributed by atoms with Crippen LogP contribution >= 0.6 is 0 Å². The Bertz CT molecular complexity index is 1100. The minimum Gasteiger partial charge on any atom is -0.457 e. The molecule has 7 heteroatoms. The monoisotopic (exact) mass is 427 g/mol. The summed E-state index contributed by atoms with van der Waals surface area (Å²) in [5.74, 6) is 4.99. The van der Waals surface area contributed by atoms with Crippen molar-refractivity contribution in [1.29, 1.82) is 0 Å². The van der Waals surface area contributed by atoms with Gasteiger partial charge < -0.3 is 20.7 Å². The Balaban J connectivity index is 1.43. The quantitative estimate of drug-likeness (QED) is 0.581. The van der Waals surface area contributed by atoms with Crippen LogP contribution in [-0.4, -0.2) is 40.4 Å². The van der Waals surface area contributed by atoms with Crippen LogP contribution in [-0.2, 0) is 4.79 Å². The number of hydrogen-bond donors (Lipinski definition) is 2. The number of likely N-dealkylation sites (tertiary alicyclic amines) is 1. The number of aromatic nitrogens is 2. The van der Waals surface area contributed by atoms with Crippen molar-refractivity contribution >= 4 is 17.5 Å². The molecule has 1 aliphatic rings. The molecule has 162 valence electrons. The summed E-state index contributed by atoms with van der Waals surface area (Å²) in [7, 11) is 0. The minimum absolute atomic E-state index is 0.234. The third-order valence-corrected chi connectivity index (χ3v) is 5.58. The van der Waals surface area contributed by atoms with Crippen molar-refractivity contribution in [2.45, 2.75) is 12.8 Å². The van der Waals surface area contributed by atoms with Gasteiger partial charge in [-0.3, -0.25) is 4.79 Å². The van der Waals surface area contributed by atoms with Crippen molar-refractivity contribution in [1.82, 2.24) is 14.9 Å². The van der Waals surface area contributed by atoms with Crippen LogP contribution in [0, 0.1) is 18.3 Å². The molecule has 0 saturated carbocycles. The minimum atomic E-state index is -0.234. The molecule has 0 radical (unpaired) electrons. The number of nitrogen functional groups attached to an aromatic ring is 1. The third-order valence-electron chi connectivity index (χ3n) is 5.58. The summed E-state index contributed by atoms with van der Waals surface area (Å²) in [5.41, 5.74) is 7.87. The molecule has 1 aromatic heterocycles. The molecular weight excluding hydrogens is 402 g/mol. The van der Waals surface area contributed by atoms with Gasteiger partial charge >= 0.3 is 0 Å². The molecule has 1 aliphatic heterocycles. The lowest BCUT2D eigenvalue weighted by Crippen LogP contribution is -2.39. The van der Waals surface area contributed by atoms with E-state index < -0.39 is 0 Å². The number of nitrogens with zero attached hydrogens (tertiary/aromatic N) is 3. The van der Waals surface area contributed by atoms with Gasteiger partial charge in [0.05, 0.1) is 5.56 Å². The molecular formula is C25H25N5O2. The molecule has 1 amide bonds. The molecule has 0 atom stereocenters. The van der Waals surface area contributed by atoms with E-state index in [4.69, 9.17) is 16.9 Å². The van der Waals surface area contributed by atoms with Gasteiger partial charge in [-0.1, -0.05) is 30.3 Å². The third kappa shape index (κ3) is 4.98. The van der Waals surface area contributed by atoms with E-state index in [0.29, 0.717) is 30.6 Å². The number of terminal acetylenes is 1. The van der Waals surface area contributed by atoms with Crippen LogP contribution in [0.4, 0.5) is 11.6 Å². The van der Waals surface area contributed by atoms with Crippen LogP contribution in [0.25, 0.3) is 11.1 Å². The van der Waals surface area contributed by atoms with Gasteiger partial charge in [-0.2, -0.15) is 0 Å². The smallest absolute Gasteiger partial charge is 0.298 e. The van der Waals surface area contributed by atoms with E-state index in [1.54, 1.807) is 4.90 Å². The Kier molecular flexibility index (Phi) is 6.52. The topological polar surface area (TPSA) is 93.4 Å². The largest absolute Gasteiger partial charge is 0.457 e. The first-order chi connectivity index (χ1) is 15.6. The number of anilines is 2. The lowest BCUT2D eigenvalue weighted by Gasteiger charge is -2.31. The van der Waals surface area contributed by atoms with Crippen LogP contribution in [0.1, 0.15) is 12.8 Å². The zero-order valence-electron chi connectivity index (χ0n) is 17.7. The Morgan fingerprint density at radius 1 is 1.09 bits per heavy atom. The normalized spacial score (nSPS) is 13.9. The Morgan fingerprint density at radius 3 is 2.47 bits per heavy atom. The van der Waals surface area contributed by atoms with Gasteiger partial charge in [0, 0.05) is 19.6 Å². The maximum Gasteiger partial charge on any atom is 0.298 e. The summed E-state index contributed by atoms with van der Waals surface area (Å²) in [4.78, 5) is 22.0. The molecule has 0 bridgehead atoms. The van der Waals surface area contributed by atoms with E-state index >= 15 is 0 Å². The fourth-order valence-corrected chi connectivity index (χ4v) is 3.80. The molecule has 0 aliphatic carbocycles. The number of benzene rings is 2. The van der Waals surface area contributed by atoms with Gasteiger partial charge in [0.2, 0.25) is 0 Å². The Labute approximate surface area is 187 Å². The average Bonchev–Trinajstić information content (AvgIpc) is 2.84. The van der Waals surface area contributed by atoms with Crippen molar-refractivity contribution < 1.29 is 9.53 Å². The molecule has 32 heavy (non-hydrogen) atoms. The van der Waals surface area contributed by atoms with E-state index in [2.05, 4.69) is 21.2 Å². The van der Waals surface area contributed by atoms with Crippen LogP contribution in [0.3, 0.4) is 0 Å². The average molecular weight is 428 g/mol. The number of nitrogens with one attached hydrogen (secondary N) is 1. The molecule has 3 N–H and O–H groups in total. The number of para-hydroxylation sites is 1. The Hall–Kier alpha value is -4.05. The SMILES string of the molecule is C#CC(=O)N1CCC(CNc2ncnc(N)c2-c2ccc(Oc3ccccc3)cc2)CC1. The predicted octanol–water partition coefficient (Wildman–Crippen LogP) is 3.80. The molecule has 2 aromatic carbocycles. The van der Waals surface area contributed by atoms with Crippen LogP contribution < -0.4 is 15.8 Å². The molecule has 4 rings (SSSR count). The highest BCUT2D eigenvalue weighted by Gasteiger charge is 2.22. The number of carbonyl (C=O) groups is 1. The van der Waals surface area contributed by atoms with Crippen molar-refractivity contribution in [3.8, 4) is 35.0 Å². The predicted molar refractivity (Wildman–Crippen MR) is 125 cm³/mol. The van der Waals surface area contributed by atoms with E-state index in [-0.39, 0.29) is 5.91 Å². The number of hydrogen-bond acceptors (Lipinski definition) is 6. The van der Waals surface area contributed by atoms with Crippen molar-refractivity contribution in [2.24, 2.45) is 5.92 Å². The van der Waals surface area contributed by atoms with Crippen LogP contribution in [0.5, 0.6) is 11.5 Å². The summed E-state index contributed by atoms with van der Waals surface area (Å²) in [6, 6.07) is 17.3. The van der Waals surface area contributed by atoms with E-state index in [1.165, 1.54) is 6.33 Å². The standard InChI is InChI=1S/C25H25N5O2/c1-2-22(31)30-14-12-18(13-15-30)16-27-25-23(24(26)28-17-29-25)19-8-10-21(11-9-19)32-20-6-4-3-5-7-20/h1,3-11,17-18H,12-16H2,(H3,26,27,28,29). The van der Waals surface area contributed by atoms with Crippen molar-refractivity contribution in [3.63, 3.8) is 0 Å². The van der Waals surface area contributed by atoms with E-state index in [1.807, 2.05) is 54.6 Å². The Morgan fingerprint density at radius 2 is 1.78 bits per heavy atom. The fourth-order valence-electron chi connectivity index (χ4n) is 3.80. The number of amides is 1. The van der Waals surface area contributed by atoms with Gasteiger partial charge in [-0.15, -0.1) is 6.42 Å². The summed E-state index contributed by atoms with van der Waals surface area (Å²) in [6.07, 6.45) is 8.46. The molecule has 1 saturated heterocycles. The molecule has 2 heterocycles. The molecule has 0 unspecified atom stereocenters. The van der Waals surface area contributed by atoms with Crippen LogP contribution in [0.15, 0.2) is 60.9 Å². The maximum absolute atomic E-state index is 11.7. The highest BCUT2D eigenvalue weighted by atomic mass is 16.5. The number of carbonyl (C=O) groups excluding carboxylic acids is 1. The summed E-state index contributed by atoms with van der Waals surface area (Å²) in [6.45, 7) is 2.09. The first-order valence-corrected chi connectivity index (χ1v) is 10.6. The molecule has 7 nitrogen and oxygen atoms in total. The number of ether oxygens (including phenoxy) is 1. The van der Waals surface area contributed by atoms with E-state index in [9.17, 15) is 4.79 Å². The fraction of sp³-hybridized carbons (Fsp3) is 0.240.